The van der Waals surface area contributed by atoms with E-state index in [1.165, 1.54) is 17.4 Å². The minimum absolute atomic E-state index is 0.0512. The molecule has 3 aromatic rings. The highest BCUT2D eigenvalue weighted by molar-refractivity contribution is 9.10. The Morgan fingerprint density at radius 3 is 2.80 bits per heavy atom. The van der Waals surface area contributed by atoms with Crippen molar-refractivity contribution in [3.63, 3.8) is 0 Å². The lowest BCUT2D eigenvalue weighted by molar-refractivity contribution is 0.0993. The molecule has 1 heterocycles. The molecule has 3 rings (SSSR count). The van der Waals surface area contributed by atoms with Crippen LogP contribution in [0, 0.1) is 5.82 Å². The van der Waals surface area contributed by atoms with Crippen molar-refractivity contribution < 1.29 is 9.18 Å². The second-order valence-electron chi connectivity index (χ2n) is 4.34. The number of ketones is 1. The molecule has 0 aliphatic carbocycles. The van der Waals surface area contributed by atoms with Gasteiger partial charge in [0.25, 0.3) is 0 Å². The zero-order valence-electron chi connectivity index (χ0n) is 10.3. The quantitative estimate of drug-likeness (QED) is 0.645. The zero-order valence-corrected chi connectivity index (χ0v) is 12.7. The number of hydrogen-bond donors (Lipinski definition) is 0. The fraction of sp³-hybridized carbons (Fsp3) is 0.0667. The summed E-state index contributed by atoms with van der Waals surface area (Å²) in [4.78, 5) is 16.6. The van der Waals surface area contributed by atoms with Gasteiger partial charge in [-0.05, 0) is 45.8 Å². The van der Waals surface area contributed by atoms with E-state index < -0.39 is 0 Å². The smallest absolute Gasteiger partial charge is 0.195 e. The van der Waals surface area contributed by atoms with Gasteiger partial charge in [0.05, 0.1) is 14.7 Å². The second-order valence-corrected chi connectivity index (χ2v) is 6.22. The van der Waals surface area contributed by atoms with E-state index in [4.69, 9.17) is 0 Å². The number of carbonyl (C=O) groups excluding carboxylic acids is 1. The van der Waals surface area contributed by atoms with Gasteiger partial charge in [-0.25, -0.2) is 9.37 Å². The van der Waals surface area contributed by atoms with Gasteiger partial charge in [0.15, 0.2) is 10.8 Å². The molecule has 20 heavy (non-hydrogen) atoms. The fourth-order valence-electron chi connectivity index (χ4n) is 1.90. The molecule has 100 valence electrons. The van der Waals surface area contributed by atoms with Crippen molar-refractivity contribution >= 4 is 43.3 Å². The monoisotopic (exact) mass is 349 g/mol. The number of fused-ring (bicyclic) bond motifs is 1. The molecule has 2 aromatic carbocycles. The number of aromatic nitrogens is 1. The zero-order chi connectivity index (χ0) is 14.1. The SMILES string of the molecule is O=C(Cc1ccc(F)c(Br)c1)c1nc2ccccc2s1. The lowest BCUT2D eigenvalue weighted by Gasteiger charge is -2.00. The summed E-state index contributed by atoms with van der Waals surface area (Å²) in [6.07, 6.45) is 0.221. The highest BCUT2D eigenvalue weighted by Crippen LogP contribution is 2.23. The Hall–Kier alpha value is -1.59. The van der Waals surface area contributed by atoms with Crippen LogP contribution >= 0.6 is 27.3 Å². The topological polar surface area (TPSA) is 30.0 Å². The summed E-state index contributed by atoms with van der Waals surface area (Å²) < 4.78 is 14.5. The van der Waals surface area contributed by atoms with E-state index in [2.05, 4.69) is 20.9 Å². The van der Waals surface area contributed by atoms with Crippen LogP contribution in [0.3, 0.4) is 0 Å². The first-order valence-electron chi connectivity index (χ1n) is 5.96. The van der Waals surface area contributed by atoms with Crippen molar-refractivity contribution in [3.8, 4) is 0 Å². The van der Waals surface area contributed by atoms with Gasteiger partial charge in [0, 0.05) is 6.42 Å². The largest absolute Gasteiger partial charge is 0.291 e. The standard InChI is InChI=1S/C15H9BrFNOS/c16-10-7-9(5-6-11(10)17)8-13(19)15-18-12-3-1-2-4-14(12)20-15/h1-7H,8H2. The van der Waals surface area contributed by atoms with Crippen molar-refractivity contribution in [2.75, 3.05) is 0 Å². The van der Waals surface area contributed by atoms with Crippen LogP contribution in [0.2, 0.25) is 0 Å². The Kier molecular flexibility index (Phi) is 3.63. The maximum absolute atomic E-state index is 13.2. The van der Waals surface area contributed by atoms with Crippen LogP contribution in [0.25, 0.3) is 10.2 Å². The summed E-state index contributed by atoms with van der Waals surface area (Å²) in [5.41, 5.74) is 1.60. The third-order valence-electron chi connectivity index (χ3n) is 2.88. The van der Waals surface area contributed by atoms with Crippen LogP contribution in [0.4, 0.5) is 4.39 Å². The number of rotatable bonds is 3. The van der Waals surface area contributed by atoms with E-state index in [-0.39, 0.29) is 18.0 Å². The summed E-state index contributed by atoms with van der Waals surface area (Å²) in [7, 11) is 0. The maximum Gasteiger partial charge on any atom is 0.195 e. The molecule has 0 spiro atoms. The first-order valence-corrected chi connectivity index (χ1v) is 7.57. The molecule has 0 bridgehead atoms. The van der Waals surface area contributed by atoms with E-state index in [0.29, 0.717) is 9.48 Å². The Morgan fingerprint density at radius 1 is 1.25 bits per heavy atom. The van der Waals surface area contributed by atoms with E-state index in [0.717, 1.165) is 15.8 Å². The normalized spacial score (nSPS) is 10.9. The number of para-hydroxylation sites is 1. The predicted molar refractivity (Wildman–Crippen MR) is 81.8 cm³/mol. The van der Waals surface area contributed by atoms with Gasteiger partial charge in [-0.2, -0.15) is 0 Å². The molecule has 0 saturated heterocycles. The third-order valence-corrected chi connectivity index (χ3v) is 4.57. The average Bonchev–Trinajstić information content (AvgIpc) is 2.87. The second kappa shape index (κ2) is 5.42. The summed E-state index contributed by atoms with van der Waals surface area (Å²) in [6, 6.07) is 12.2. The van der Waals surface area contributed by atoms with Crippen molar-refractivity contribution in [1.82, 2.24) is 4.98 Å². The number of benzene rings is 2. The van der Waals surface area contributed by atoms with Gasteiger partial charge in [0.1, 0.15) is 5.82 Å². The van der Waals surface area contributed by atoms with Gasteiger partial charge >= 0.3 is 0 Å². The van der Waals surface area contributed by atoms with Gasteiger partial charge in [0.2, 0.25) is 0 Å². The first-order chi connectivity index (χ1) is 9.63. The Balaban J connectivity index is 1.86. The summed E-state index contributed by atoms with van der Waals surface area (Å²) in [5, 5.41) is 0.492. The van der Waals surface area contributed by atoms with E-state index in [1.807, 2.05) is 24.3 Å². The lowest BCUT2D eigenvalue weighted by atomic mass is 10.1. The predicted octanol–water partition coefficient (Wildman–Crippen LogP) is 4.62. The first kappa shape index (κ1) is 13.4. The molecular weight excluding hydrogens is 341 g/mol. The summed E-state index contributed by atoms with van der Waals surface area (Å²) >= 11 is 4.51. The molecule has 0 amide bonds. The van der Waals surface area contributed by atoms with Crippen molar-refractivity contribution in [2.45, 2.75) is 6.42 Å². The number of carbonyl (C=O) groups is 1. The number of halogens is 2. The molecule has 0 unspecified atom stereocenters. The van der Waals surface area contributed by atoms with Gasteiger partial charge < -0.3 is 0 Å². The molecule has 0 radical (unpaired) electrons. The van der Waals surface area contributed by atoms with Crippen LogP contribution < -0.4 is 0 Å². The van der Waals surface area contributed by atoms with Crippen LogP contribution in [-0.2, 0) is 6.42 Å². The Bertz CT molecular complexity index is 766. The number of nitrogens with zero attached hydrogens (tertiary/aromatic N) is 1. The van der Waals surface area contributed by atoms with Crippen molar-refractivity contribution in [1.29, 1.82) is 0 Å². The molecular formula is C15H9BrFNOS. The lowest BCUT2D eigenvalue weighted by Crippen LogP contribution is -2.03. The molecule has 0 aliphatic heterocycles. The average molecular weight is 350 g/mol. The van der Waals surface area contributed by atoms with Gasteiger partial charge in [-0.15, -0.1) is 11.3 Å². The van der Waals surface area contributed by atoms with Crippen molar-refractivity contribution in [3.05, 3.63) is 63.3 Å². The number of hydrogen-bond acceptors (Lipinski definition) is 3. The van der Waals surface area contributed by atoms with Crippen molar-refractivity contribution in [2.24, 2.45) is 0 Å². The minimum atomic E-state index is -0.332. The van der Waals surface area contributed by atoms with Crippen LogP contribution in [0.1, 0.15) is 15.4 Å². The van der Waals surface area contributed by atoms with Gasteiger partial charge in [-0.3, -0.25) is 4.79 Å². The molecule has 0 atom stereocenters. The molecule has 0 aliphatic rings. The third kappa shape index (κ3) is 2.64. The summed E-state index contributed by atoms with van der Waals surface area (Å²) in [6.45, 7) is 0. The Morgan fingerprint density at radius 2 is 2.05 bits per heavy atom. The number of thiazole rings is 1. The Labute approximate surface area is 127 Å². The minimum Gasteiger partial charge on any atom is -0.291 e. The molecule has 0 N–H and O–H groups in total. The molecule has 1 aromatic heterocycles. The van der Waals surface area contributed by atoms with Crippen LogP contribution in [-0.4, -0.2) is 10.8 Å². The van der Waals surface area contributed by atoms with E-state index in [1.54, 1.807) is 12.1 Å². The molecule has 0 fully saturated rings. The molecule has 2 nitrogen and oxygen atoms in total. The van der Waals surface area contributed by atoms with Gasteiger partial charge in [-0.1, -0.05) is 18.2 Å². The number of Topliss-reactive ketones (excluding diaryl/α,β-unsaturated/α-hetero) is 1. The van der Waals surface area contributed by atoms with Crippen LogP contribution in [0.5, 0.6) is 0 Å². The maximum atomic E-state index is 13.2. The molecule has 0 saturated carbocycles. The van der Waals surface area contributed by atoms with Crippen LogP contribution in [0.15, 0.2) is 46.9 Å². The highest BCUT2D eigenvalue weighted by Gasteiger charge is 2.13. The summed E-state index contributed by atoms with van der Waals surface area (Å²) in [5.74, 6) is -0.383. The molecule has 5 heteroatoms. The highest BCUT2D eigenvalue weighted by atomic mass is 79.9. The van der Waals surface area contributed by atoms with E-state index in [9.17, 15) is 9.18 Å². The van der Waals surface area contributed by atoms with E-state index >= 15 is 0 Å². The fourth-order valence-corrected chi connectivity index (χ4v) is 3.23.